The second-order valence-corrected chi connectivity index (χ2v) is 10.6. The van der Waals surface area contributed by atoms with E-state index in [1.807, 2.05) is 42.1 Å². The van der Waals surface area contributed by atoms with Crippen molar-refractivity contribution in [2.75, 3.05) is 27.2 Å². The molecule has 0 radical (unpaired) electrons. The van der Waals surface area contributed by atoms with Crippen molar-refractivity contribution in [2.24, 2.45) is 5.92 Å². The zero-order chi connectivity index (χ0) is 23.1. The van der Waals surface area contributed by atoms with Crippen molar-refractivity contribution in [2.45, 2.75) is 49.7 Å². The number of aromatic nitrogens is 2. The molecule has 0 spiro atoms. The molecule has 3 rings (SSSR count). The quantitative estimate of drug-likeness (QED) is 0.484. The van der Waals surface area contributed by atoms with Gasteiger partial charge in [-0.05, 0) is 32.5 Å². The van der Waals surface area contributed by atoms with E-state index in [-0.39, 0.29) is 22.7 Å². The van der Waals surface area contributed by atoms with Crippen LogP contribution in [0.25, 0.3) is 0 Å². The summed E-state index contributed by atoms with van der Waals surface area (Å²) >= 11 is 0. The van der Waals surface area contributed by atoms with Crippen LogP contribution in [0.15, 0.2) is 54.3 Å². The lowest BCUT2D eigenvalue weighted by atomic mass is 10.1. The van der Waals surface area contributed by atoms with Gasteiger partial charge in [0.1, 0.15) is 0 Å². The van der Waals surface area contributed by atoms with Crippen LogP contribution in [0.3, 0.4) is 0 Å². The summed E-state index contributed by atoms with van der Waals surface area (Å²) in [7, 11) is 0.311. The van der Waals surface area contributed by atoms with E-state index in [1.165, 1.54) is 0 Å². The van der Waals surface area contributed by atoms with Crippen LogP contribution in [0.5, 0.6) is 0 Å². The van der Waals surface area contributed by atoms with Crippen molar-refractivity contribution >= 4 is 15.7 Å². The summed E-state index contributed by atoms with van der Waals surface area (Å²) in [4.78, 5) is 21.4. The molecule has 1 aromatic carbocycles. The molecule has 7 nitrogen and oxygen atoms in total. The monoisotopic (exact) mass is 458 g/mol. The van der Waals surface area contributed by atoms with E-state index in [2.05, 4.69) is 11.6 Å². The lowest BCUT2D eigenvalue weighted by molar-refractivity contribution is -0.136. The fourth-order valence-electron chi connectivity index (χ4n) is 4.16. The molecule has 0 N–H and O–H groups in total. The van der Waals surface area contributed by atoms with Crippen LogP contribution in [0.1, 0.15) is 36.9 Å². The highest BCUT2D eigenvalue weighted by molar-refractivity contribution is 7.90. The smallest absolute Gasteiger partial charge is 0.228 e. The molecule has 2 aromatic rings. The maximum Gasteiger partial charge on any atom is 0.228 e. The minimum absolute atomic E-state index is 0.0251. The van der Waals surface area contributed by atoms with E-state index < -0.39 is 9.84 Å². The van der Waals surface area contributed by atoms with Gasteiger partial charge in [-0.1, -0.05) is 49.2 Å². The van der Waals surface area contributed by atoms with Crippen LogP contribution < -0.4 is 0 Å². The molecule has 1 aliphatic rings. The van der Waals surface area contributed by atoms with Crippen LogP contribution in [0.2, 0.25) is 0 Å². The third kappa shape index (κ3) is 6.07. The van der Waals surface area contributed by atoms with E-state index in [9.17, 15) is 13.2 Å². The van der Waals surface area contributed by atoms with Gasteiger partial charge in [-0.2, -0.15) is 0 Å². The van der Waals surface area contributed by atoms with E-state index in [4.69, 9.17) is 0 Å². The Labute approximate surface area is 191 Å². The third-order valence-corrected chi connectivity index (χ3v) is 7.47. The number of hydrogen-bond acceptors (Lipinski definition) is 5. The summed E-state index contributed by atoms with van der Waals surface area (Å²) in [5.41, 5.74) is 1.42. The highest BCUT2D eigenvalue weighted by Gasteiger charge is 2.29. The summed E-state index contributed by atoms with van der Waals surface area (Å²) in [6, 6.07) is 9.09. The standard InChI is InChI=1S/C24H34N4O3S/c1-4-14-28-22(17-25-24(28)32(30,31)19-20-10-6-5-7-11-20)18-27(16-15-26(2)3)23(29)21-12-8-9-13-21/h4-7,10-11,17,21H,1,8-9,12-16,18-19H2,2-3H3. The van der Waals surface area contributed by atoms with Crippen molar-refractivity contribution in [1.29, 1.82) is 0 Å². The van der Waals surface area contributed by atoms with Gasteiger partial charge in [0, 0.05) is 25.6 Å². The molecule has 32 heavy (non-hydrogen) atoms. The average Bonchev–Trinajstić information content (AvgIpc) is 3.42. The molecule has 1 heterocycles. The molecule has 0 atom stereocenters. The van der Waals surface area contributed by atoms with Crippen LogP contribution in [-0.2, 0) is 33.5 Å². The number of carbonyl (C=O) groups excluding carboxylic acids is 1. The number of hydrogen-bond donors (Lipinski definition) is 0. The Bertz CT molecular complexity index is 1010. The van der Waals surface area contributed by atoms with Gasteiger partial charge in [0.2, 0.25) is 20.9 Å². The Morgan fingerprint density at radius 1 is 1.19 bits per heavy atom. The molecule has 0 saturated heterocycles. The number of benzene rings is 1. The van der Waals surface area contributed by atoms with Crippen LogP contribution >= 0.6 is 0 Å². The predicted molar refractivity (Wildman–Crippen MR) is 126 cm³/mol. The van der Waals surface area contributed by atoms with Crippen molar-refractivity contribution in [1.82, 2.24) is 19.4 Å². The van der Waals surface area contributed by atoms with Crippen LogP contribution in [0, 0.1) is 5.92 Å². The summed E-state index contributed by atoms with van der Waals surface area (Å²) in [5, 5.41) is 0.0251. The van der Waals surface area contributed by atoms with Crippen molar-refractivity contribution in [3.63, 3.8) is 0 Å². The second kappa shape index (κ2) is 10.9. The van der Waals surface area contributed by atoms with Crippen molar-refractivity contribution in [3.8, 4) is 0 Å². The third-order valence-electron chi connectivity index (χ3n) is 5.88. The first kappa shape index (κ1) is 24.2. The second-order valence-electron chi connectivity index (χ2n) is 8.72. The summed E-state index contributed by atoms with van der Waals surface area (Å²) in [6.07, 6.45) is 7.30. The number of carbonyl (C=O) groups is 1. The molecule has 1 aromatic heterocycles. The van der Waals surface area contributed by atoms with Gasteiger partial charge in [-0.25, -0.2) is 13.4 Å². The fourth-order valence-corrected chi connectivity index (χ4v) is 5.66. The molecule has 0 aliphatic heterocycles. The molecule has 1 aliphatic carbocycles. The average molecular weight is 459 g/mol. The summed E-state index contributed by atoms with van der Waals surface area (Å²) in [5.74, 6) is 0.103. The van der Waals surface area contributed by atoms with Gasteiger partial charge >= 0.3 is 0 Å². The molecule has 0 bridgehead atoms. The predicted octanol–water partition coefficient (Wildman–Crippen LogP) is 3.12. The Hall–Kier alpha value is -2.45. The lowest BCUT2D eigenvalue weighted by Crippen LogP contribution is -2.39. The topological polar surface area (TPSA) is 75.5 Å². The van der Waals surface area contributed by atoms with E-state index in [0.717, 1.165) is 32.2 Å². The van der Waals surface area contributed by atoms with E-state index in [0.29, 0.717) is 30.9 Å². The molecule has 0 unspecified atom stereocenters. The van der Waals surface area contributed by atoms with E-state index in [1.54, 1.807) is 29.0 Å². The zero-order valence-corrected chi connectivity index (χ0v) is 19.9. The van der Waals surface area contributed by atoms with Gasteiger partial charge in [-0.3, -0.25) is 4.79 Å². The molecule has 1 fully saturated rings. The SMILES string of the molecule is C=CCn1c(CN(CCN(C)C)C(=O)C2CCCC2)cnc1S(=O)(=O)Cc1ccccc1. The number of allylic oxidation sites excluding steroid dienone is 1. The first-order chi connectivity index (χ1) is 15.3. The highest BCUT2D eigenvalue weighted by Crippen LogP contribution is 2.27. The molecular weight excluding hydrogens is 424 g/mol. The highest BCUT2D eigenvalue weighted by atomic mass is 32.2. The van der Waals surface area contributed by atoms with Gasteiger partial charge < -0.3 is 14.4 Å². The molecular formula is C24H34N4O3S. The first-order valence-electron chi connectivity index (χ1n) is 11.2. The Morgan fingerprint density at radius 2 is 1.88 bits per heavy atom. The number of sulfone groups is 1. The van der Waals surface area contributed by atoms with E-state index >= 15 is 0 Å². The lowest BCUT2D eigenvalue weighted by Gasteiger charge is -2.27. The molecule has 1 amide bonds. The minimum atomic E-state index is -3.65. The van der Waals surface area contributed by atoms with Crippen molar-refractivity contribution in [3.05, 3.63) is 60.4 Å². The van der Waals surface area contributed by atoms with Crippen LogP contribution in [0.4, 0.5) is 0 Å². The van der Waals surface area contributed by atoms with Gasteiger partial charge in [0.15, 0.2) is 0 Å². The normalized spacial score (nSPS) is 14.7. The largest absolute Gasteiger partial charge is 0.335 e. The zero-order valence-electron chi connectivity index (χ0n) is 19.1. The molecule has 174 valence electrons. The Morgan fingerprint density at radius 3 is 2.50 bits per heavy atom. The molecule has 1 saturated carbocycles. The van der Waals surface area contributed by atoms with Gasteiger partial charge in [-0.15, -0.1) is 6.58 Å². The summed E-state index contributed by atoms with van der Waals surface area (Å²) in [6.45, 7) is 5.78. The van der Waals surface area contributed by atoms with Crippen molar-refractivity contribution < 1.29 is 13.2 Å². The fraction of sp³-hybridized carbons (Fsp3) is 0.500. The number of nitrogens with zero attached hydrogens (tertiary/aromatic N) is 4. The molecule has 8 heteroatoms. The first-order valence-corrected chi connectivity index (χ1v) is 12.8. The van der Waals surface area contributed by atoms with Gasteiger partial charge in [0.05, 0.1) is 24.2 Å². The summed E-state index contributed by atoms with van der Waals surface area (Å²) < 4.78 is 28.0. The minimum Gasteiger partial charge on any atom is -0.335 e. The maximum atomic E-state index is 13.2. The maximum absolute atomic E-state index is 13.2. The number of amides is 1. The van der Waals surface area contributed by atoms with Gasteiger partial charge in [0.25, 0.3) is 0 Å². The van der Waals surface area contributed by atoms with Crippen LogP contribution in [-0.4, -0.2) is 60.9 Å². The Kier molecular flexibility index (Phi) is 8.26. The number of imidazole rings is 1. The Balaban J connectivity index is 1.87. The number of rotatable bonds is 11. The number of likely N-dealkylation sites (N-methyl/N-ethyl adjacent to an activating group) is 1.